The molecule has 2 nitrogen and oxygen atoms in total. The van der Waals surface area contributed by atoms with Crippen LogP contribution in [0.25, 0.3) is 11.1 Å². The largest absolute Gasteiger partial charge is 0.308 e. The Morgan fingerprint density at radius 1 is 0.846 bits per heavy atom. The van der Waals surface area contributed by atoms with Crippen molar-refractivity contribution in [3.63, 3.8) is 0 Å². The van der Waals surface area contributed by atoms with Crippen LogP contribution < -0.4 is 4.90 Å². The lowest BCUT2D eigenvalue weighted by Gasteiger charge is -2.23. The Balaban J connectivity index is 1.64. The molecule has 0 saturated heterocycles. The summed E-state index contributed by atoms with van der Waals surface area (Å²) in [6.45, 7) is 2.90. The van der Waals surface area contributed by atoms with Crippen LogP contribution in [0.1, 0.15) is 34.3 Å². The van der Waals surface area contributed by atoms with Gasteiger partial charge >= 0.3 is 0 Å². The van der Waals surface area contributed by atoms with Crippen LogP contribution in [-0.4, -0.2) is 12.5 Å². The molecule has 130 valence electrons. The highest BCUT2D eigenvalue weighted by Crippen LogP contribution is 2.28. The van der Waals surface area contributed by atoms with Crippen LogP contribution in [0.15, 0.2) is 72.8 Å². The first-order valence-corrected chi connectivity index (χ1v) is 9.30. The summed E-state index contributed by atoms with van der Waals surface area (Å²) < 4.78 is 0. The van der Waals surface area contributed by atoms with Crippen molar-refractivity contribution in [2.75, 3.05) is 11.4 Å². The summed E-state index contributed by atoms with van der Waals surface area (Å²) in [5.74, 6) is 0.0932. The fraction of sp³-hybridized carbons (Fsp3) is 0.208. The second-order valence-electron chi connectivity index (χ2n) is 6.93. The summed E-state index contributed by atoms with van der Waals surface area (Å²) in [7, 11) is 0. The van der Waals surface area contributed by atoms with Gasteiger partial charge in [0.05, 0.1) is 0 Å². The van der Waals surface area contributed by atoms with E-state index >= 15 is 0 Å². The maximum Gasteiger partial charge on any atom is 0.258 e. The topological polar surface area (TPSA) is 20.3 Å². The van der Waals surface area contributed by atoms with E-state index in [1.54, 1.807) is 0 Å². The summed E-state index contributed by atoms with van der Waals surface area (Å²) in [6.07, 6.45) is 3.22. The molecule has 0 atom stereocenters. The number of benzene rings is 3. The molecule has 0 radical (unpaired) electrons. The summed E-state index contributed by atoms with van der Waals surface area (Å²) >= 11 is 0. The zero-order valence-corrected chi connectivity index (χ0v) is 15.1. The predicted octanol–water partition coefficient (Wildman–Crippen LogP) is 5.65. The lowest BCUT2D eigenvalue weighted by molar-refractivity contribution is 0.0987. The number of anilines is 1. The van der Waals surface area contributed by atoms with Crippen LogP contribution in [0, 0.1) is 6.92 Å². The number of nitrogens with zero attached hydrogens (tertiary/aromatic N) is 1. The summed E-state index contributed by atoms with van der Waals surface area (Å²) in [4.78, 5) is 15.1. The number of carbonyl (C=O) groups excluding carboxylic acids is 1. The molecule has 0 aliphatic carbocycles. The number of hydrogen-bond donors (Lipinski definition) is 0. The molecule has 4 rings (SSSR count). The van der Waals surface area contributed by atoms with E-state index in [4.69, 9.17) is 0 Å². The molecule has 3 aromatic carbocycles. The fourth-order valence-electron chi connectivity index (χ4n) is 3.75. The van der Waals surface area contributed by atoms with Crippen molar-refractivity contribution in [2.24, 2.45) is 0 Å². The molecule has 26 heavy (non-hydrogen) atoms. The number of hydrogen-bond acceptors (Lipinski definition) is 1. The molecule has 0 N–H and O–H groups in total. The van der Waals surface area contributed by atoms with Crippen molar-refractivity contribution in [1.82, 2.24) is 0 Å². The van der Waals surface area contributed by atoms with Crippen LogP contribution in [0.4, 0.5) is 5.69 Å². The quantitative estimate of drug-likeness (QED) is 0.590. The third-order valence-electron chi connectivity index (χ3n) is 5.19. The molecule has 0 unspecified atom stereocenters. The average Bonchev–Trinajstić information content (AvgIpc) is 2.90. The van der Waals surface area contributed by atoms with E-state index in [2.05, 4.69) is 55.5 Å². The van der Waals surface area contributed by atoms with Gasteiger partial charge in [0.15, 0.2) is 0 Å². The lowest BCUT2D eigenvalue weighted by Crippen LogP contribution is -2.31. The Hall–Kier alpha value is -2.87. The molecule has 3 aromatic rings. The van der Waals surface area contributed by atoms with Gasteiger partial charge in [-0.2, -0.15) is 0 Å². The fourth-order valence-corrected chi connectivity index (χ4v) is 3.75. The number of rotatable bonds is 2. The second kappa shape index (κ2) is 7.17. The predicted molar refractivity (Wildman–Crippen MR) is 108 cm³/mol. The molecular weight excluding hydrogens is 318 g/mol. The molecule has 2 heteroatoms. The Morgan fingerprint density at radius 3 is 2.38 bits per heavy atom. The smallest absolute Gasteiger partial charge is 0.258 e. The van der Waals surface area contributed by atoms with Crippen molar-refractivity contribution >= 4 is 11.6 Å². The SMILES string of the molecule is Cc1ccccc1-c1ccc(C(=O)N2CCCCc3ccccc32)cc1. The van der Waals surface area contributed by atoms with Gasteiger partial charge in [0, 0.05) is 17.8 Å². The van der Waals surface area contributed by atoms with Gasteiger partial charge in [0.25, 0.3) is 5.91 Å². The highest BCUT2D eigenvalue weighted by atomic mass is 16.2. The van der Waals surface area contributed by atoms with Gasteiger partial charge < -0.3 is 4.90 Å². The minimum absolute atomic E-state index is 0.0932. The van der Waals surface area contributed by atoms with E-state index in [0.717, 1.165) is 42.6 Å². The number of amides is 1. The van der Waals surface area contributed by atoms with Gasteiger partial charge in [0.1, 0.15) is 0 Å². The van der Waals surface area contributed by atoms with E-state index in [0.29, 0.717) is 0 Å². The van der Waals surface area contributed by atoms with Gasteiger partial charge in [-0.05, 0) is 66.6 Å². The minimum Gasteiger partial charge on any atom is -0.308 e. The first kappa shape index (κ1) is 16.6. The summed E-state index contributed by atoms with van der Waals surface area (Å²) in [5.41, 5.74) is 6.70. The zero-order valence-electron chi connectivity index (χ0n) is 15.1. The molecule has 1 aliphatic rings. The molecule has 0 aromatic heterocycles. The first-order chi connectivity index (χ1) is 12.7. The van der Waals surface area contributed by atoms with Gasteiger partial charge in [-0.1, -0.05) is 54.6 Å². The zero-order chi connectivity index (χ0) is 17.9. The second-order valence-corrected chi connectivity index (χ2v) is 6.93. The minimum atomic E-state index is 0.0932. The molecular formula is C24H23NO. The molecule has 1 heterocycles. The third kappa shape index (κ3) is 3.15. The van der Waals surface area contributed by atoms with E-state index in [1.165, 1.54) is 16.7 Å². The molecule has 0 fully saturated rings. The number of aryl methyl sites for hydroxylation is 2. The summed E-state index contributed by atoms with van der Waals surface area (Å²) in [6, 6.07) is 24.6. The van der Waals surface area contributed by atoms with Crippen molar-refractivity contribution in [2.45, 2.75) is 26.2 Å². The van der Waals surface area contributed by atoms with E-state index < -0.39 is 0 Å². The highest BCUT2D eigenvalue weighted by molar-refractivity contribution is 6.06. The maximum atomic E-state index is 13.2. The van der Waals surface area contributed by atoms with Gasteiger partial charge in [-0.15, -0.1) is 0 Å². The molecule has 0 spiro atoms. The third-order valence-corrected chi connectivity index (χ3v) is 5.19. The number of fused-ring (bicyclic) bond motifs is 1. The molecule has 0 bridgehead atoms. The Kier molecular flexibility index (Phi) is 4.57. The Labute approximate surface area is 155 Å². The number of carbonyl (C=O) groups is 1. The maximum absolute atomic E-state index is 13.2. The molecule has 1 amide bonds. The monoisotopic (exact) mass is 341 g/mol. The van der Waals surface area contributed by atoms with E-state index in [-0.39, 0.29) is 5.91 Å². The highest BCUT2D eigenvalue weighted by Gasteiger charge is 2.22. The summed E-state index contributed by atoms with van der Waals surface area (Å²) in [5, 5.41) is 0. The van der Waals surface area contributed by atoms with Crippen molar-refractivity contribution < 1.29 is 4.79 Å². The molecule has 0 saturated carbocycles. The van der Waals surface area contributed by atoms with Crippen LogP contribution in [0.2, 0.25) is 0 Å². The van der Waals surface area contributed by atoms with Crippen molar-refractivity contribution in [3.8, 4) is 11.1 Å². The van der Waals surface area contributed by atoms with E-state index in [1.807, 2.05) is 29.2 Å². The number of para-hydroxylation sites is 1. The standard InChI is InChI=1S/C24H23NO/c1-18-8-2-4-11-22(18)19-13-15-21(16-14-19)24(26)25-17-7-6-10-20-9-3-5-12-23(20)25/h2-5,8-9,11-16H,6-7,10,17H2,1H3. The van der Waals surface area contributed by atoms with Crippen molar-refractivity contribution in [3.05, 3.63) is 89.5 Å². The van der Waals surface area contributed by atoms with Crippen LogP contribution in [0.5, 0.6) is 0 Å². The van der Waals surface area contributed by atoms with Gasteiger partial charge in [-0.25, -0.2) is 0 Å². The van der Waals surface area contributed by atoms with Gasteiger partial charge in [0.2, 0.25) is 0 Å². The van der Waals surface area contributed by atoms with E-state index in [9.17, 15) is 4.79 Å². The van der Waals surface area contributed by atoms with Crippen molar-refractivity contribution in [1.29, 1.82) is 0 Å². The average molecular weight is 341 g/mol. The lowest BCUT2D eigenvalue weighted by atomic mass is 9.99. The Morgan fingerprint density at radius 2 is 1.58 bits per heavy atom. The van der Waals surface area contributed by atoms with Crippen LogP contribution in [-0.2, 0) is 6.42 Å². The first-order valence-electron chi connectivity index (χ1n) is 9.30. The van der Waals surface area contributed by atoms with Crippen LogP contribution in [0.3, 0.4) is 0 Å². The Bertz CT molecular complexity index is 927. The normalized spacial score (nSPS) is 13.8. The van der Waals surface area contributed by atoms with Crippen LogP contribution >= 0.6 is 0 Å². The van der Waals surface area contributed by atoms with Gasteiger partial charge in [-0.3, -0.25) is 4.79 Å². The molecule has 1 aliphatic heterocycles.